The third-order valence-electron chi connectivity index (χ3n) is 2.24. The molecule has 7 heteroatoms. The zero-order chi connectivity index (χ0) is 13.9. The van der Waals surface area contributed by atoms with Crippen LogP contribution in [0.4, 0.5) is 5.69 Å². The van der Waals surface area contributed by atoms with Crippen LogP contribution in [0.1, 0.15) is 15.9 Å². The molecule has 1 N–H and O–H groups in total. The van der Waals surface area contributed by atoms with Crippen molar-refractivity contribution in [2.24, 2.45) is 0 Å². The summed E-state index contributed by atoms with van der Waals surface area (Å²) in [6.45, 7) is 1.17. The molecule has 0 saturated heterocycles. The minimum atomic E-state index is -1.15. The summed E-state index contributed by atoms with van der Waals surface area (Å²) in [7, 11) is 1.32. The number of amides is 1. The second-order valence-corrected chi connectivity index (χ2v) is 3.87. The van der Waals surface area contributed by atoms with E-state index < -0.39 is 23.3 Å². The molecule has 1 aromatic carbocycles. The summed E-state index contributed by atoms with van der Waals surface area (Å²) in [6.07, 6.45) is 0. The molecule has 0 atom stereocenters. The quantitative estimate of drug-likeness (QED) is 0.637. The summed E-state index contributed by atoms with van der Waals surface area (Å²) >= 11 is 0. The number of carbonyl (C=O) groups is 2. The molecule has 0 fully saturated rings. The van der Waals surface area contributed by atoms with Gasteiger partial charge in [0.1, 0.15) is 6.54 Å². The van der Waals surface area contributed by atoms with E-state index in [1.54, 1.807) is 6.92 Å². The molecule has 0 aromatic heterocycles. The number of nitrogens with zero attached hydrogens (tertiary/aromatic N) is 2. The normalized spacial score (nSPS) is 9.89. The topological polar surface area (TPSA) is 101 Å². The number of non-ortho nitro benzene ring substituents is 1. The molecule has 0 aliphatic rings. The highest BCUT2D eigenvalue weighted by Gasteiger charge is 2.17. The fraction of sp³-hybridized carbons (Fsp3) is 0.273. The van der Waals surface area contributed by atoms with Gasteiger partial charge in [0.25, 0.3) is 11.6 Å². The highest BCUT2D eigenvalue weighted by molar-refractivity contribution is 5.96. The third kappa shape index (κ3) is 3.27. The molecular formula is C11H12N2O5. The Bertz CT molecular complexity index is 512. The van der Waals surface area contributed by atoms with Gasteiger partial charge in [-0.2, -0.15) is 0 Å². The lowest BCUT2D eigenvalue weighted by molar-refractivity contribution is -0.384. The van der Waals surface area contributed by atoms with Gasteiger partial charge in [-0.05, 0) is 18.6 Å². The van der Waals surface area contributed by atoms with Gasteiger partial charge in [-0.1, -0.05) is 0 Å². The van der Waals surface area contributed by atoms with Crippen LogP contribution in [0, 0.1) is 17.0 Å². The largest absolute Gasteiger partial charge is 0.480 e. The van der Waals surface area contributed by atoms with Gasteiger partial charge in [0, 0.05) is 24.7 Å². The number of nitro groups is 1. The molecule has 0 aliphatic carbocycles. The van der Waals surface area contributed by atoms with Crippen molar-refractivity contribution in [3.05, 3.63) is 39.4 Å². The summed E-state index contributed by atoms with van der Waals surface area (Å²) in [5.41, 5.74) is 0.476. The van der Waals surface area contributed by atoms with Crippen molar-refractivity contribution in [3.63, 3.8) is 0 Å². The van der Waals surface area contributed by atoms with Crippen LogP contribution in [-0.4, -0.2) is 40.4 Å². The first-order chi connectivity index (χ1) is 8.31. The average molecular weight is 252 g/mol. The third-order valence-corrected chi connectivity index (χ3v) is 2.24. The number of rotatable bonds is 4. The Morgan fingerprint density at radius 2 is 2.00 bits per heavy atom. The molecule has 0 spiro atoms. The molecule has 1 rings (SSSR count). The van der Waals surface area contributed by atoms with Crippen molar-refractivity contribution >= 4 is 17.6 Å². The molecule has 0 heterocycles. The number of benzene rings is 1. The maximum Gasteiger partial charge on any atom is 0.323 e. The predicted octanol–water partition coefficient (Wildman–Crippen LogP) is 1.06. The Balaban J connectivity index is 3.05. The first-order valence-corrected chi connectivity index (χ1v) is 5.04. The summed E-state index contributed by atoms with van der Waals surface area (Å²) in [4.78, 5) is 33.4. The minimum Gasteiger partial charge on any atom is -0.480 e. The van der Waals surface area contributed by atoms with Crippen molar-refractivity contribution in [2.45, 2.75) is 6.92 Å². The van der Waals surface area contributed by atoms with Crippen molar-refractivity contribution in [1.29, 1.82) is 0 Å². The lowest BCUT2D eigenvalue weighted by atomic mass is 10.1. The van der Waals surface area contributed by atoms with Gasteiger partial charge in [-0.25, -0.2) is 0 Å². The summed E-state index contributed by atoms with van der Waals surface area (Å²) < 4.78 is 0. The molecular weight excluding hydrogens is 240 g/mol. The van der Waals surface area contributed by atoms with E-state index in [2.05, 4.69) is 0 Å². The lowest BCUT2D eigenvalue weighted by Crippen LogP contribution is -2.32. The van der Waals surface area contributed by atoms with Crippen LogP contribution < -0.4 is 0 Å². The molecule has 18 heavy (non-hydrogen) atoms. The Morgan fingerprint density at radius 3 is 2.50 bits per heavy atom. The standard InChI is InChI=1S/C11H12N2O5/c1-7-3-8(5-9(4-7)13(17)18)11(16)12(2)6-10(14)15/h3-5H,6H2,1-2H3,(H,14,15). The molecule has 0 bridgehead atoms. The van der Waals surface area contributed by atoms with E-state index in [0.29, 0.717) is 5.56 Å². The van der Waals surface area contributed by atoms with E-state index in [-0.39, 0.29) is 11.3 Å². The Hall–Kier alpha value is -2.44. The molecule has 0 unspecified atom stereocenters. The predicted molar refractivity (Wildman–Crippen MR) is 62.4 cm³/mol. The Morgan fingerprint density at radius 1 is 1.39 bits per heavy atom. The molecule has 1 amide bonds. The zero-order valence-electron chi connectivity index (χ0n) is 9.91. The van der Waals surface area contributed by atoms with Crippen LogP contribution in [0.5, 0.6) is 0 Å². The summed E-state index contributed by atoms with van der Waals surface area (Å²) in [5.74, 6) is -1.71. The van der Waals surface area contributed by atoms with Gasteiger partial charge >= 0.3 is 5.97 Å². The van der Waals surface area contributed by atoms with Crippen molar-refractivity contribution in [2.75, 3.05) is 13.6 Å². The maximum atomic E-state index is 11.8. The zero-order valence-corrected chi connectivity index (χ0v) is 9.91. The van der Waals surface area contributed by atoms with Crippen molar-refractivity contribution in [3.8, 4) is 0 Å². The molecule has 0 saturated carbocycles. The number of nitro benzene ring substituents is 1. The summed E-state index contributed by atoms with van der Waals surface area (Å²) in [5, 5.41) is 19.2. The Labute approximate surface area is 103 Å². The van der Waals surface area contributed by atoms with Gasteiger partial charge < -0.3 is 10.0 Å². The maximum absolute atomic E-state index is 11.8. The number of carboxylic acids is 1. The van der Waals surface area contributed by atoms with Gasteiger partial charge in [0.15, 0.2) is 0 Å². The summed E-state index contributed by atoms with van der Waals surface area (Å²) in [6, 6.07) is 3.95. The van der Waals surface area contributed by atoms with E-state index in [1.165, 1.54) is 19.2 Å². The first kappa shape index (κ1) is 13.6. The number of aryl methyl sites for hydroxylation is 1. The first-order valence-electron chi connectivity index (χ1n) is 5.04. The van der Waals surface area contributed by atoms with Crippen molar-refractivity contribution < 1.29 is 19.6 Å². The van der Waals surface area contributed by atoms with Crippen LogP contribution in [0.2, 0.25) is 0 Å². The highest BCUT2D eigenvalue weighted by atomic mass is 16.6. The number of aliphatic carboxylic acids is 1. The van der Waals surface area contributed by atoms with Crippen LogP contribution in [0.3, 0.4) is 0 Å². The number of carboxylic acid groups (broad SMARTS) is 1. The van der Waals surface area contributed by atoms with Crippen LogP contribution in [0.25, 0.3) is 0 Å². The monoisotopic (exact) mass is 252 g/mol. The van der Waals surface area contributed by atoms with Crippen LogP contribution >= 0.6 is 0 Å². The van der Waals surface area contributed by atoms with Crippen LogP contribution in [-0.2, 0) is 4.79 Å². The van der Waals surface area contributed by atoms with Gasteiger partial charge in [0.2, 0.25) is 0 Å². The van der Waals surface area contributed by atoms with Gasteiger partial charge in [-0.3, -0.25) is 19.7 Å². The number of likely N-dealkylation sites (N-methyl/N-ethyl adjacent to an activating group) is 1. The number of hydrogen-bond donors (Lipinski definition) is 1. The average Bonchev–Trinajstić information content (AvgIpc) is 2.26. The van der Waals surface area contributed by atoms with E-state index in [1.807, 2.05) is 0 Å². The smallest absolute Gasteiger partial charge is 0.323 e. The molecule has 0 radical (unpaired) electrons. The SMILES string of the molecule is Cc1cc(C(=O)N(C)CC(=O)O)cc([N+](=O)[O-])c1. The second-order valence-electron chi connectivity index (χ2n) is 3.87. The van der Waals surface area contributed by atoms with E-state index >= 15 is 0 Å². The van der Waals surface area contributed by atoms with E-state index in [0.717, 1.165) is 11.0 Å². The fourth-order valence-electron chi connectivity index (χ4n) is 1.49. The molecule has 96 valence electrons. The van der Waals surface area contributed by atoms with E-state index in [9.17, 15) is 19.7 Å². The minimum absolute atomic E-state index is 0.102. The molecule has 1 aromatic rings. The van der Waals surface area contributed by atoms with Crippen molar-refractivity contribution in [1.82, 2.24) is 4.90 Å². The second kappa shape index (κ2) is 5.26. The van der Waals surface area contributed by atoms with Gasteiger partial charge in [0.05, 0.1) is 4.92 Å². The number of hydrogen-bond acceptors (Lipinski definition) is 4. The molecule has 0 aliphatic heterocycles. The highest BCUT2D eigenvalue weighted by Crippen LogP contribution is 2.17. The molecule has 7 nitrogen and oxygen atoms in total. The number of carbonyl (C=O) groups excluding carboxylic acids is 1. The van der Waals surface area contributed by atoms with Gasteiger partial charge in [-0.15, -0.1) is 0 Å². The van der Waals surface area contributed by atoms with E-state index in [4.69, 9.17) is 5.11 Å². The fourth-order valence-corrected chi connectivity index (χ4v) is 1.49. The van der Waals surface area contributed by atoms with Crippen LogP contribution in [0.15, 0.2) is 18.2 Å². The Kier molecular flexibility index (Phi) is 3.98. The lowest BCUT2D eigenvalue weighted by Gasteiger charge is -2.14.